The highest BCUT2D eigenvalue weighted by atomic mass is 35.5. The van der Waals surface area contributed by atoms with E-state index in [1.807, 2.05) is 30.3 Å². The Bertz CT molecular complexity index is 1980. The molecule has 1 saturated heterocycles. The highest BCUT2D eigenvalue weighted by molar-refractivity contribution is 8.13. The summed E-state index contributed by atoms with van der Waals surface area (Å²) in [5.41, 5.74) is 1.65. The van der Waals surface area contributed by atoms with Crippen LogP contribution in [-0.2, 0) is 18.9 Å². The van der Waals surface area contributed by atoms with E-state index in [-0.39, 0.29) is 38.8 Å². The summed E-state index contributed by atoms with van der Waals surface area (Å²) in [6, 6.07) is 13.3. The maximum atomic E-state index is 14.3. The predicted octanol–water partition coefficient (Wildman–Crippen LogP) is 9.76. The molecule has 0 spiro atoms. The van der Waals surface area contributed by atoms with Crippen LogP contribution in [0.2, 0.25) is 10.2 Å². The molecule has 1 aliphatic carbocycles. The molecule has 0 radical (unpaired) electrons. The summed E-state index contributed by atoms with van der Waals surface area (Å²) in [6.07, 6.45) is 9.60. The highest BCUT2D eigenvalue weighted by Crippen LogP contribution is 2.38. The monoisotopic (exact) mass is 900 g/mol. The van der Waals surface area contributed by atoms with Crippen molar-refractivity contribution in [3.05, 3.63) is 75.9 Å². The number of carbonyl (C=O) groups excluding carboxylic acids is 3. The maximum absolute atomic E-state index is 14.3. The van der Waals surface area contributed by atoms with Gasteiger partial charge in [-0.25, -0.2) is 18.9 Å². The standard InChI is InChI=1S/C19H23ClN2O2S.C17H17ClFNO4.C3H8NO5P/c1-2-3-4-5-6-10-13-25-19(23)24-16-14-17(20)21-22-18(16)15-11-8-7-9-12-15;1-9(2)15-16(21)20(17(22)24-15)13-8-14(11(18)7-12(13)19)23-10-5-3-4-6-10;5-3(6)1-4-2-10(7,8)9/h7-9,11-12,14H,2-6,10,13H2,1H3;7-8,10H,3-6H2,1-2H3;4H,1-2H2,(H,5,6)(H2,7,8,9). The largest absolute Gasteiger partial charge is 0.489 e. The number of ether oxygens (including phenoxy) is 3. The minimum atomic E-state index is -4.10. The molecule has 0 unspecified atom stereocenters. The molecule has 2 fully saturated rings. The zero-order valence-corrected chi connectivity index (χ0v) is 36.0. The zero-order chi connectivity index (χ0) is 43.5. The van der Waals surface area contributed by atoms with Gasteiger partial charge in [0.15, 0.2) is 16.7 Å². The number of cyclic esters (lactones) is 1. The van der Waals surface area contributed by atoms with Crippen LogP contribution < -0.4 is 19.7 Å². The summed E-state index contributed by atoms with van der Waals surface area (Å²) in [5.74, 6) is -1.37. The van der Waals surface area contributed by atoms with Gasteiger partial charge in [-0.2, -0.15) is 0 Å². The van der Waals surface area contributed by atoms with E-state index in [0.717, 1.165) is 55.9 Å². The smallest absolute Gasteiger partial charge is 0.427 e. The maximum Gasteiger partial charge on any atom is 0.427 e. The van der Waals surface area contributed by atoms with Crippen molar-refractivity contribution in [2.24, 2.45) is 0 Å². The molecule has 2 heterocycles. The van der Waals surface area contributed by atoms with Crippen LogP contribution in [0.5, 0.6) is 11.5 Å². The number of unbranched alkanes of at least 4 members (excludes halogenated alkanes) is 5. The van der Waals surface area contributed by atoms with Crippen molar-refractivity contribution in [1.82, 2.24) is 15.5 Å². The average molecular weight is 902 g/mol. The van der Waals surface area contributed by atoms with Gasteiger partial charge in [0.2, 0.25) is 0 Å². The Labute approximate surface area is 356 Å². The number of carboxylic acids is 1. The summed E-state index contributed by atoms with van der Waals surface area (Å²) < 4.78 is 40.6. The van der Waals surface area contributed by atoms with Crippen LogP contribution in [0.15, 0.2) is 59.9 Å². The fourth-order valence-electron chi connectivity index (χ4n) is 5.54. The number of benzene rings is 2. The third-order valence-electron chi connectivity index (χ3n) is 8.34. The van der Waals surface area contributed by atoms with Crippen LogP contribution in [0.1, 0.15) is 85.0 Å². The van der Waals surface area contributed by atoms with Gasteiger partial charge in [0.05, 0.1) is 29.6 Å². The summed E-state index contributed by atoms with van der Waals surface area (Å²) in [5, 5.41) is 17.9. The molecule has 322 valence electrons. The van der Waals surface area contributed by atoms with Crippen molar-refractivity contribution in [2.75, 3.05) is 23.5 Å². The number of thioether (sulfide) groups is 1. The molecule has 5 rings (SSSR count). The van der Waals surface area contributed by atoms with Crippen molar-refractivity contribution in [2.45, 2.75) is 91.1 Å². The third kappa shape index (κ3) is 17.2. The van der Waals surface area contributed by atoms with Crippen LogP contribution in [0.25, 0.3) is 11.3 Å². The molecule has 15 nitrogen and oxygen atoms in total. The van der Waals surface area contributed by atoms with Crippen LogP contribution in [0, 0.1) is 5.82 Å². The molecule has 59 heavy (non-hydrogen) atoms. The zero-order valence-electron chi connectivity index (χ0n) is 32.8. The second-order valence-electron chi connectivity index (χ2n) is 13.5. The van der Waals surface area contributed by atoms with Gasteiger partial charge in [0, 0.05) is 23.4 Å². The lowest BCUT2D eigenvalue weighted by Gasteiger charge is -2.18. The summed E-state index contributed by atoms with van der Waals surface area (Å²) in [6.45, 7) is 5.04. The number of anilines is 1. The van der Waals surface area contributed by atoms with E-state index in [4.69, 9.17) is 52.3 Å². The number of aromatic nitrogens is 2. The van der Waals surface area contributed by atoms with Crippen molar-refractivity contribution in [3.63, 3.8) is 0 Å². The molecule has 20 heteroatoms. The molecule has 1 aliphatic heterocycles. The first kappa shape index (κ1) is 49.3. The number of amides is 2. The Morgan fingerprint density at radius 2 is 1.66 bits per heavy atom. The summed E-state index contributed by atoms with van der Waals surface area (Å²) >= 11 is 13.1. The van der Waals surface area contributed by atoms with Crippen molar-refractivity contribution >= 4 is 71.5 Å². The van der Waals surface area contributed by atoms with Gasteiger partial charge in [-0.15, -0.1) is 10.2 Å². The number of nitrogens with one attached hydrogen (secondary N) is 1. The van der Waals surface area contributed by atoms with Crippen LogP contribution in [0.4, 0.5) is 19.7 Å². The van der Waals surface area contributed by atoms with E-state index in [2.05, 4.69) is 22.4 Å². The van der Waals surface area contributed by atoms with Gasteiger partial charge in [-0.05, 0) is 69.4 Å². The number of allylic oxidation sites excluding steroid dienone is 1. The lowest BCUT2D eigenvalue weighted by molar-refractivity contribution is -0.135. The van der Waals surface area contributed by atoms with Crippen LogP contribution >= 0.6 is 42.6 Å². The topological polar surface area (TPSA) is 215 Å². The normalized spacial score (nSPS) is 13.9. The summed E-state index contributed by atoms with van der Waals surface area (Å²) in [7, 11) is -4.10. The number of imide groups is 1. The second kappa shape index (κ2) is 24.9. The van der Waals surface area contributed by atoms with Crippen molar-refractivity contribution in [3.8, 4) is 22.8 Å². The Morgan fingerprint density at radius 1 is 1.00 bits per heavy atom. The fraction of sp³-hybridized carbons (Fsp3) is 0.436. The Morgan fingerprint density at radius 3 is 2.27 bits per heavy atom. The lowest BCUT2D eigenvalue weighted by atomic mass is 10.1. The van der Waals surface area contributed by atoms with Crippen LogP contribution in [-0.4, -0.2) is 73.0 Å². The Kier molecular flexibility index (Phi) is 20.8. The SMILES string of the molecule is CC(C)=C1OC(=O)N(c2cc(OC3CCCC3)c(Cl)cc2F)C1=O.CCCCCCCCSC(=O)Oc1cc(Cl)nnc1-c1ccccc1.O=C(O)CNCP(=O)(O)O. The van der Waals surface area contributed by atoms with Gasteiger partial charge in [-0.1, -0.05) is 92.6 Å². The number of nitrogens with zero attached hydrogens (tertiary/aromatic N) is 3. The number of halogens is 3. The Balaban J connectivity index is 0.000000258. The first-order valence-electron chi connectivity index (χ1n) is 18.8. The predicted molar refractivity (Wildman–Crippen MR) is 224 cm³/mol. The molecule has 2 amide bonds. The van der Waals surface area contributed by atoms with Crippen LogP contribution in [0.3, 0.4) is 0 Å². The van der Waals surface area contributed by atoms with Crippen molar-refractivity contribution in [1.29, 1.82) is 0 Å². The van der Waals surface area contributed by atoms with E-state index in [0.29, 0.717) is 21.9 Å². The molecule has 0 atom stereocenters. The molecule has 0 bridgehead atoms. The molecule has 3 aromatic rings. The van der Waals surface area contributed by atoms with E-state index >= 15 is 0 Å². The number of aliphatic carboxylic acids is 1. The number of carboxylic acid groups (broad SMARTS) is 1. The van der Waals surface area contributed by atoms with Gasteiger partial charge in [0.1, 0.15) is 17.3 Å². The average Bonchev–Trinajstić information content (AvgIpc) is 3.79. The van der Waals surface area contributed by atoms with E-state index in [1.165, 1.54) is 49.6 Å². The molecular formula is C39H48Cl2FN4O11PS. The van der Waals surface area contributed by atoms with Gasteiger partial charge < -0.3 is 29.1 Å². The van der Waals surface area contributed by atoms with Gasteiger partial charge in [-0.3, -0.25) is 19.5 Å². The number of hydrogen-bond donors (Lipinski definition) is 4. The number of rotatable bonds is 16. The number of carbonyl (C=O) groups is 4. The fourth-order valence-corrected chi connectivity index (χ4v) is 6.94. The van der Waals surface area contributed by atoms with Gasteiger partial charge in [0.25, 0.3) is 0 Å². The van der Waals surface area contributed by atoms with E-state index in [1.54, 1.807) is 13.8 Å². The molecule has 2 aromatic carbocycles. The first-order chi connectivity index (χ1) is 28.0. The molecule has 1 saturated carbocycles. The first-order valence-corrected chi connectivity index (χ1v) is 22.3. The molecule has 1 aromatic heterocycles. The molecule has 4 N–H and O–H groups in total. The number of hydrogen-bond acceptors (Lipinski definition) is 12. The molecular weight excluding hydrogens is 853 g/mol. The highest BCUT2D eigenvalue weighted by Gasteiger charge is 2.40. The van der Waals surface area contributed by atoms with E-state index < -0.39 is 44.2 Å². The Hall–Kier alpha value is -4.09. The summed E-state index contributed by atoms with van der Waals surface area (Å²) in [4.78, 5) is 63.2. The quantitative estimate of drug-likeness (QED) is 0.0456. The second-order valence-corrected chi connectivity index (χ2v) is 16.9. The third-order valence-corrected chi connectivity index (χ3v) is 10.3. The minimum Gasteiger partial charge on any atom is -0.489 e. The van der Waals surface area contributed by atoms with E-state index in [9.17, 15) is 28.1 Å². The van der Waals surface area contributed by atoms with Crippen molar-refractivity contribution < 1.29 is 57.2 Å². The lowest BCUT2D eigenvalue weighted by Crippen LogP contribution is -2.29. The minimum absolute atomic E-state index is 0.00962. The molecule has 2 aliphatic rings. The van der Waals surface area contributed by atoms with Gasteiger partial charge >= 0.3 is 30.9 Å².